The molecule has 2 aromatic carbocycles. The van der Waals surface area contributed by atoms with E-state index in [1.165, 1.54) is 43.3 Å². The van der Waals surface area contributed by atoms with E-state index < -0.39 is 75.7 Å². The minimum absolute atomic E-state index is 0.0231. The van der Waals surface area contributed by atoms with Crippen LogP contribution < -0.4 is 15.8 Å². The molecular formula is C28H26FN3O9. The molecule has 3 aliphatic carbocycles. The van der Waals surface area contributed by atoms with Crippen molar-refractivity contribution >= 4 is 35.0 Å². The molecule has 0 aromatic heterocycles. The van der Waals surface area contributed by atoms with Crippen molar-refractivity contribution in [3.8, 4) is 11.5 Å². The molecule has 0 heterocycles. The van der Waals surface area contributed by atoms with Crippen LogP contribution in [0.5, 0.6) is 11.5 Å². The fourth-order valence-electron chi connectivity index (χ4n) is 6.06. The third-order valence-electron chi connectivity index (χ3n) is 7.85. The monoisotopic (exact) mass is 567 g/mol. The highest BCUT2D eigenvalue weighted by molar-refractivity contribution is 6.24. The minimum Gasteiger partial charge on any atom is -0.508 e. The Labute approximate surface area is 232 Å². The number of aliphatic hydroxyl groups is 3. The number of hydrogen-bond donors (Lipinski definition) is 6. The van der Waals surface area contributed by atoms with Crippen molar-refractivity contribution in [3.05, 3.63) is 70.2 Å². The van der Waals surface area contributed by atoms with Gasteiger partial charge in [0.05, 0.1) is 17.3 Å². The van der Waals surface area contributed by atoms with Crippen molar-refractivity contribution in [3.63, 3.8) is 0 Å². The number of phenols is 1. The molecule has 0 bridgehead atoms. The quantitative estimate of drug-likeness (QED) is 0.233. The molecule has 1 saturated carbocycles. The number of carbonyl (C=O) groups excluding carboxylic acids is 4. The summed E-state index contributed by atoms with van der Waals surface area (Å²) >= 11 is 0. The number of rotatable bonds is 4. The van der Waals surface area contributed by atoms with E-state index in [1.807, 2.05) is 0 Å². The van der Waals surface area contributed by atoms with Crippen LogP contribution in [0.2, 0.25) is 0 Å². The number of Topliss-reactive ketones (excluding diaryl/α,β-unsaturated/α-hetero) is 2. The van der Waals surface area contributed by atoms with Gasteiger partial charge in [-0.1, -0.05) is 6.07 Å². The van der Waals surface area contributed by atoms with Crippen LogP contribution in [0.4, 0.5) is 14.9 Å². The molecule has 5 rings (SSSR count). The first-order valence-corrected chi connectivity index (χ1v) is 12.5. The van der Waals surface area contributed by atoms with Crippen LogP contribution in [0.15, 0.2) is 53.3 Å². The number of halogens is 1. The van der Waals surface area contributed by atoms with E-state index in [2.05, 4.69) is 5.32 Å². The number of nitrogens with two attached hydrogens (primary N) is 1. The van der Waals surface area contributed by atoms with E-state index in [1.54, 1.807) is 0 Å². The Balaban J connectivity index is 1.55. The van der Waals surface area contributed by atoms with Crippen LogP contribution >= 0.6 is 0 Å². The zero-order chi connectivity index (χ0) is 30.0. The predicted molar refractivity (Wildman–Crippen MR) is 140 cm³/mol. The number of fused-ring (bicyclic) bond motifs is 3. The third kappa shape index (κ3) is 4.21. The van der Waals surface area contributed by atoms with E-state index in [4.69, 9.17) is 10.5 Å². The van der Waals surface area contributed by atoms with Gasteiger partial charge >= 0.3 is 6.09 Å². The summed E-state index contributed by atoms with van der Waals surface area (Å²) in [5, 5.41) is 47.1. The van der Waals surface area contributed by atoms with Crippen LogP contribution in [0, 0.1) is 17.7 Å². The van der Waals surface area contributed by atoms with E-state index in [9.17, 15) is 44.0 Å². The van der Waals surface area contributed by atoms with Crippen molar-refractivity contribution < 1.29 is 48.7 Å². The molecule has 4 atom stereocenters. The maximum absolute atomic E-state index is 13.8. The topological polar surface area (TPSA) is 200 Å². The zero-order valence-corrected chi connectivity index (χ0v) is 21.8. The lowest BCUT2D eigenvalue weighted by atomic mass is 9.57. The fourth-order valence-corrected chi connectivity index (χ4v) is 6.06. The first kappa shape index (κ1) is 27.8. The SMILES string of the molecule is CN(C)[C@@H]1C(=O)C(C(N)=O)=C(O)[C@@]2(O)C(=O)C3=C(O)c4c(ccc(NC(=O)Oc5ccc(F)cc5)c4O)C[C@H]3C[C@@H]12. The number of anilines is 1. The van der Waals surface area contributed by atoms with Crippen molar-refractivity contribution in [2.45, 2.75) is 24.5 Å². The summed E-state index contributed by atoms with van der Waals surface area (Å²) in [5.74, 6) is -8.21. The second-order valence-corrected chi connectivity index (χ2v) is 10.4. The van der Waals surface area contributed by atoms with E-state index >= 15 is 0 Å². The summed E-state index contributed by atoms with van der Waals surface area (Å²) < 4.78 is 18.2. The first-order valence-electron chi connectivity index (χ1n) is 12.5. The van der Waals surface area contributed by atoms with Crippen molar-refractivity contribution in [2.24, 2.45) is 17.6 Å². The van der Waals surface area contributed by atoms with Crippen molar-refractivity contribution in [2.75, 3.05) is 19.4 Å². The lowest BCUT2D eigenvalue weighted by Crippen LogP contribution is -2.65. The van der Waals surface area contributed by atoms with Gasteiger partial charge in [-0.3, -0.25) is 24.6 Å². The molecule has 3 aliphatic rings. The van der Waals surface area contributed by atoms with Crippen LogP contribution in [-0.2, 0) is 20.8 Å². The molecule has 0 spiro atoms. The van der Waals surface area contributed by atoms with Crippen LogP contribution in [-0.4, -0.2) is 74.6 Å². The molecule has 0 radical (unpaired) electrons. The Kier molecular flexibility index (Phi) is 6.59. The minimum atomic E-state index is -2.75. The number of ketones is 2. The number of phenolic OH excluding ortho intramolecular Hbond substituents is 1. The number of nitrogens with one attached hydrogen (secondary N) is 1. The maximum atomic E-state index is 13.8. The summed E-state index contributed by atoms with van der Waals surface area (Å²) in [5.41, 5.74) is 1.37. The lowest BCUT2D eigenvalue weighted by Gasteiger charge is -2.50. The molecule has 41 heavy (non-hydrogen) atoms. The number of aliphatic hydroxyl groups excluding tert-OH is 2. The Morgan fingerprint density at radius 3 is 2.37 bits per heavy atom. The summed E-state index contributed by atoms with van der Waals surface area (Å²) in [6.07, 6.45) is -0.979. The summed E-state index contributed by atoms with van der Waals surface area (Å²) in [4.78, 5) is 52.8. The van der Waals surface area contributed by atoms with Gasteiger partial charge in [0, 0.05) is 11.5 Å². The van der Waals surface area contributed by atoms with Crippen LogP contribution in [0.25, 0.3) is 5.76 Å². The summed E-state index contributed by atoms with van der Waals surface area (Å²) in [7, 11) is 3.03. The maximum Gasteiger partial charge on any atom is 0.417 e. The predicted octanol–water partition coefficient (Wildman–Crippen LogP) is 1.71. The van der Waals surface area contributed by atoms with Crippen LogP contribution in [0.1, 0.15) is 17.5 Å². The molecule has 2 amide bonds. The molecule has 13 heteroatoms. The van der Waals surface area contributed by atoms with E-state index in [0.29, 0.717) is 5.56 Å². The Bertz CT molecular complexity index is 1580. The van der Waals surface area contributed by atoms with Gasteiger partial charge in [0.25, 0.3) is 5.91 Å². The highest BCUT2D eigenvalue weighted by atomic mass is 19.1. The molecule has 1 fully saturated rings. The number of likely N-dealkylation sites (N-methyl/N-ethyl adjacent to an activating group) is 1. The average Bonchev–Trinajstić information content (AvgIpc) is 2.89. The first-order chi connectivity index (χ1) is 19.3. The lowest BCUT2D eigenvalue weighted by molar-refractivity contribution is -0.153. The number of benzene rings is 2. The molecule has 0 unspecified atom stereocenters. The Morgan fingerprint density at radius 2 is 1.76 bits per heavy atom. The highest BCUT2D eigenvalue weighted by Crippen LogP contribution is 2.53. The van der Waals surface area contributed by atoms with Crippen molar-refractivity contribution in [1.82, 2.24) is 4.90 Å². The van der Waals surface area contributed by atoms with Gasteiger partial charge in [0.1, 0.15) is 34.4 Å². The average molecular weight is 568 g/mol. The zero-order valence-electron chi connectivity index (χ0n) is 21.8. The number of ether oxygens (including phenoxy) is 1. The Morgan fingerprint density at radius 1 is 1.10 bits per heavy atom. The summed E-state index contributed by atoms with van der Waals surface area (Å²) in [6.45, 7) is 0. The van der Waals surface area contributed by atoms with Gasteiger partial charge in [-0.2, -0.15) is 0 Å². The van der Waals surface area contributed by atoms with Crippen LogP contribution in [0.3, 0.4) is 0 Å². The third-order valence-corrected chi connectivity index (χ3v) is 7.85. The number of aromatic hydroxyl groups is 1. The van der Waals surface area contributed by atoms with E-state index in [0.717, 1.165) is 12.1 Å². The standard InChI is InChI=1S/C28H26FN3O9/c1-32(2)20-15-10-12-9-11-3-8-16(31-27(39)41-14-6-4-13(29)5-7-14)21(33)17(11)22(34)18(12)24(36)28(15,40)25(37)19(23(20)35)26(30)38/h3-8,12,15,20,33-34,37,40H,9-10H2,1-2H3,(H2,30,38)(H,31,39)/t12-,15-,20-,28-/m0/s1. The molecule has 0 aliphatic heterocycles. The van der Waals surface area contributed by atoms with Gasteiger partial charge in [0.15, 0.2) is 11.4 Å². The normalized spacial score (nSPS) is 25.4. The number of primary amides is 1. The smallest absolute Gasteiger partial charge is 0.417 e. The number of hydrogen-bond acceptors (Lipinski definition) is 10. The molecule has 2 aromatic rings. The largest absolute Gasteiger partial charge is 0.508 e. The molecular weight excluding hydrogens is 541 g/mol. The number of nitrogens with zero attached hydrogens (tertiary/aromatic N) is 1. The molecule has 0 saturated heterocycles. The van der Waals surface area contributed by atoms with Gasteiger partial charge in [0.2, 0.25) is 5.78 Å². The molecule has 12 nitrogen and oxygen atoms in total. The second-order valence-electron chi connectivity index (χ2n) is 10.4. The fraction of sp³-hybridized carbons (Fsp3) is 0.286. The number of amides is 2. The summed E-state index contributed by atoms with van der Waals surface area (Å²) in [6, 6.07) is 6.30. The van der Waals surface area contributed by atoms with Gasteiger partial charge < -0.3 is 30.9 Å². The molecule has 214 valence electrons. The van der Waals surface area contributed by atoms with Gasteiger partial charge in [-0.25, -0.2) is 9.18 Å². The second kappa shape index (κ2) is 9.71. The molecule has 7 N–H and O–H groups in total. The highest BCUT2D eigenvalue weighted by Gasteiger charge is 2.64. The van der Waals surface area contributed by atoms with Crippen molar-refractivity contribution in [1.29, 1.82) is 0 Å². The van der Waals surface area contributed by atoms with Gasteiger partial charge in [-0.05, 0) is 68.8 Å². The van der Waals surface area contributed by atoms with E-state index in [-0.39, 0.29) is 35.4 Å². The number of carbonyl (C=O) groups is 4. The Hall–Kier alpha value is -4.75. The van der Waals surface area contributed by atoms with Gasteiger partial charge in [-0.15, -0.1) is 0 Å².